The highest BCUT2D eigenvalue weighted by Gasteiger charge is 2.51. The Balaban J connectivity index is 1.13. The molecule has 4 heterocycles. The monoisotopic (exact) mass is 492 g/mol. The summed E-state index contributed by atoms with van der Waals surface area (Å²) in [6.45, 7) is 0.475. The number of carbonyl (C=O) groups excluding carboxylic acids is 2. The molecule has 9 heteroatoms. The van der Waals surface area contributed by atoms with Gasteiger partial charge in [0.15, 0.2) is 0 Å². The van der Waals surface area contributed by atoms with E-state index in [2.05, 4.69) is 25.6 Å². The Morgan fingerprint density at radius 3 is 2.81 bits per heavy atom. The SMILES string of the molecule is O=C(c1cc(Nc2ccc3c(c2)CC2(C3)C(=O)Nc3ncccc32)ncn1)N1CCc2cc(F)ccc21. The fourth-order valence-electron chi connectivity index (χ4n) is 5.76. The van der Waals surface area contributed by atoms with Crippen molar-refractivity contribution in [2.24, 2.45) is 0 Å². The van der Waals surface area contributed by atoms with E-state index in [0.717, 1.165) is 27.9 Å². The van der Waals surface area contributed by atoms with Crippen molar-refractivity contribution in [3.05, 3.63) is 101 Å². The molecule has 1 unspecified atom stereocenters. The topological polar surface area (TPSA) is 100 Å². The first-order valence-corrected chi connectivity index (χ1v) is 12.1. The molecular weight excluding hydrogens is 471 g/mol. The number of halogens is 1. The number of nitrogens with one attached hydrogen (secondary N) is 2. The number of benzene rings is 2. The zero-order chi connectivity index (χ0) is 25.1. The Morgan fingerprint density at radius 2 is 1.89 bits per heavy atom. The average Bonchev–Trinajstić information content (AvgIpc) is 3.57. The molecule has 37 heavy (non-hydrogen) atoms. The Hall–Kier alpha value is -4.66. The molecule has 0 fully saturated rings. The van der Waals surface area contributed by atoms with Gasteiger partial charge in [-0.3, -0.25) is 9.59 Å². The van der Waals surface area contributed by atoms with E-state index in [4.69, 9.17) is 0 Å². The number of nitrogens with zero attached hydrogens (tertiary/aromatic N) is 4. The van der Waals surface area contributed by atoms with E-state index in [9.17, 15) is 14.0 Å². The van der Waals surface area contributed by atoms with Gasteiger partial charge in [0.2, 0.25) is 5.91 Å². The van der Waals surface area contributed by atoms with E-state index in [-0.39, 0.29) is 23.3 Å². The van der Waals surface area contributed by atoms with Crippen molar-refractivity contribution in [2.75, 3.05) is 22.1 Å². The molecule has 8 nitrogen and oxygen atoms in total. The Kier molecular flexibility index (Phi) is 4.63. The van der Waals surface area contributed by atoms with Crippen LogP contribution in [0.25, 0.3) is 0 Å². The van der Waals surface area contributed by atoms with Gasteiger partial charge in [-0.25, -0.2) is 19.3 Å². The highest BCUT2D eigenvalue weighted by molar-refractivity contribution is 6.07. The summed E-state index contributed by atoms with van der Waals surface area (Å²) in [7, 11) is 0. The molecule has 2 amide bonds. The standard InChI is InChI=1S/C28H21FN6O2/c29-19-4-6-23-16(10-19)7-9-35(23)26(36)22-12-24(32-15-31-22)33-20-5-3-17-13-28(14-18(17)11-20)21-2-1-8-30-25(21)34-27(28)37/h1-6,8,10-12,15H,7,9,13-14H2,(H,30,34,37)(H,31,32,33). The smallest absolute Gasteiger partial charge is 0.277 e. The fraction of sp³-hybridized carbons (Fsp3) is 0.179. The third-order valence-corrected chi connectivity index (χ3v) is 7.52. The van der Waals surface area contributed by atoms with E-state index in [1.807, 2.05) is 30.3 Å². The lowest BCUT2D eigenvalue weighted by Gasteiger charge is -2.20. The third kappa shape index (κ3) is 3.38. The van der Waals surface area contributed by atoms with Gasteiger partial charge in [0, 0.05) is 35.7 Å². The average molecular weight is 493 g/mol. The normalized spacial score (nSPS) is 18.9. The Bertz CT molecular complexity index is 1620. The van der Waals surface area contributed by atoms with Crippen LogP contribution in [-0.4, -0.2) is 33.3 Å². The summed E-state index contributed by atoms with van der Waals surface area (Å²) in [5.41, 5.74) is 5.10. The summed E-state index contributed by atoms with van der Waals surface area (Å²) in [6, 6.07) is 15.9. The number of pyridine rings is 1. The number of hydrogen-bond acceptors (Lipinski definition) is 6. The number of fused-ring (bicyclic) bond motifs is 4. The Labute approximate surface area is 211 Å². The van der Waals surface area contributed by atoms with Gasteiger partial charge in [-0.1, -0.05) is 12.1 Å². The quantitative estimate of drug-likeness (QED) is 0.449. The van der Waals surface area contributed by atoms with Gasteiger partial charge >= 0.3 is 0 Å². The first kappa shape index (κ1) is 21.6. The summed E-state index contributed by atoms with van der Waals surface area (Å²) in [6.07, 6.45) is 4.85. The zero-order valence-electron chi connectivity index (χ0n) is 19.7. The van der Waals surface area contributed by atoms with Crippen LogP contribution in [0.5, 0.6) is 0 Å². The van der Waals surface area contributed by atoms with E-state index in [0.29, 0.717) is 43.1 Å². The molecule has 4 aromatic rings. The lowest BCUT2D eigenvalue weighted by atomic mass is 9.79. The molecule has 7 rings (SSSR count). The summed E-state index contributed by atoms with van der Waals surface area (Å²) in [5, 5.41) is 6.20. The van der Waals surface area contributed by atoms with Crippen LogP contribution < -0.4 is 15.5 Å². The minimum absolute atomic E-state index is 0.0166. The van der Waals surface area contributed by atoms with Gasteiger partial charge in [0.05, 0.1) is 5.41 Å². The predicted octanol–water partition coefficient (Wildman–Crippen LogP) is 3.95. The van der Waals surface area contributed by atoms with Crippen molar-refractivity contribution < 1.29 is 14.0 Å². The number of amides is 2. The lowest BCUT2D eigenvalue weighted by molar-refractivity contribution is -0.120. The third-order valence-electron chi connectivity index (χ3n) is 7.52. The maximum atomic E-state index is 13.6. The summed E-state index contributed by atoms with van der Waals surface area (Å²) >= 11 is 0. The molecule has 182 valence electrons. The second kappa shape index (κ2) is 7.92. The first-order chi connectivity index (χ1) is 18.0. The van der Waals surface area contributed by atoms with E-state index >= 15 is 0 Å². The number of carbonyl (C=O) groups is 2. The van der Waals surface area contributed by atoms with Gasteiger partial charge in [-0.15, -0.1) is 0 Å². The highest BCUT2D eigenvalue weighted by atomic mass is 19.1. The van der Waals surface area contributed by atoms with Crippen LogP contribution in [0.15, 0.2) is 67.1 Å². The second-order valence-corrected chi connectivity index (χ2v) is 9.67. The van der Waals surface area contributed by atoms with Crippen molar-refractivity contribution in [3.63, 3.8) is 0 Å². The molecule has 1 aliphatic carbocycles. The molecule has 3 aliphatic rings. The molecule has 1 spiro atoms. The molecule has 1 atom stereocenters. The van der Waals surface area contributed by atoms with Crippen molar-refractivity contribution in [3.8, 4) is 0 Å². The summed E-state index contributed by atoms with van der Waals surface area (Å²) < 4.78 is 13.6. The van der Waals surface area contributed by atoms with Gasteiger partial charge < -0.3 is 15.5 Å². The number of aromatic nitrogens is 3. The lowest BCUT2D eigenvalue weighted by Crippen LogP contribution is -2.35. The van der Waals surface area contributed by atoms with Crippen molar-refractivity contribution >= 4 is 34.8 Å². The molecule has 0 radical (unpaired) electrons. The van der Waals surface area contributed by atoms with Gasteiger partial charge in [0.1, 0.15) is 29.5 Å². The van der Waals surface area contributed by atoms with Crippen LogP contribution in [0.4, 0.5) is 27.4 Å². The van der Waals surface area contributed by atoms with E-state index in [1.54, 1.807) is 23.2 Å². The largest absolute Gasteiger partial charge is 0.340 e. The number of hydrogen-bond donors (Lipinski definition) is 2. The molecule has 2 N–H and O–H groups in total. The van der Waals surface area contributed by atoms with Crippen LogP contribution in [0.1, 0.15) is 32.7 Å². The highest BCUT2D eigenvalue weighted by Crippen LogP contribution is 2.47. The van der Waals surface area contributed by atoms with Crippen LogP contribution in [0, 0.1) is 5.82 Å². The van der Waals surface area contributed by atoms with Crippen molar-refractivity contribution in [1.82, 2.24) is 15.0 Å². The molecule has 0 saturated heterocycles. The minimum atomic E-state index is -0.631. The van der Waals surface area contributed by atoms with Crippen LogP contribution in [0.2, 0.25) is 0 Å². The van der Waals surface area contributed by atoms with Crippen molar-refractivity contribution in [2.45, 2.75) is 24.7 Å². The number of anilines is 4. The molecule has 0 bridgehead atoms. The van der Waals surface area contributed by atoms with E-state index < -0.39 is 5.41 Å². The van der Waals surface area contributed by atoms with Gasteiger partial charge in [-0.05, 0) is 72.4 Å². The predicted molar refractivity (Wildman–Crippen MR) is 135 cm³/mol. The van der Waals surface area contributed by atoms with E-state index in [1.165, 1.54) is 18.5 Å². The second-order valence-electron chi connectivity index (χ2n) is 9.67. The van der Waals surface area contributed by atoms with Gasteiger partial charge in [-0.2, -0.15) is 0 Å². The fourth-order valence-corrected chi connectivity index (χ4v) is 5.76. The molecule has 2 aromatic carbocycles. The number of rotatable bonds is 3. The minimum Gasteiger partial charge on any atom is -0.340 e. The maximum absolute atomic E-state index is 13.6. The zero-order valence-corrected chi connectivity index (χ0v) is 19.7. The molecular formula is C28H21FN6O2. The summed E-state index contributed by atoms with van der Waals surface area (Å²) in [5.74, 6) is 0.542. The van der Waals surface area contributed by atoms with Crippen LogP contribution in [0.3, 0.4) is 0 Å². The first-order valence-electron chi connectivity index (χ1n) is 12.1. The molecule has 2 aromatic heterocycles. The summed E-state index contributed by atoms with van der Waals surface area (Å²) in [4.78, 5) is 40.6. The van der Waals surface area contributed by atoms with Crippen LogP contribution >= 0.6 is 0 Å². The molecule has 0 saturated carbocycles. The molecule has 2 aliphatic heterocycles. The Morgan fingerprint density at radius 1 is 1.00 bits per heavy atom. The maximum Gasteiger partial charge on any atom is 0.277 e. The van der Waals surface area contributed by atoms with Gasteiger partial charge in [0.25, 0.3) is 5.91 Å². The van der Waals surface area contributed by atoms with Crippen molar-refractivity contribution in [1.29, 1.82) is 0 Å². The van der Waals surface area contributed by atoms with Crippen LogP contribution in [-0.2, 0) is 29.5 Å².